The number of carbonyl (C=O) groups excluding carboxylic acids is 1. The number of carbonyl (C=O) groups is 1. The molecular formula is C27H29F2N5O3S2. The van der Waals surface area contributed by atoms with Crippen molar-refractivity contribution in [3.8, 4) is 0 Å². The second-order valence-electron chi connectivity index (χ2n) is 9.97. The van der Waals surface area contributed by atoms with Crippen LogP contribution in [0.4, 0.5) is 13.9 Å². The lowest BCUT2D eigenvalue weighted by Gasteiger charge is -2.30. The van der Waals surface area contributed by atoms with E-state index in [0.717, 1.165) is 41.6 Å². The van der Waals surface area contributed by atoms with Gasteiger partial charge in [0.05, 0.1) is 21.8 Å². The van der Waals surface area contributed by atoms with Gasteiger partial charge in [0.1, 0.15) is 11.3 Å². The normalized spacial score (nSPS) is 16.6. The lowest BCUT2D eigenvalue weighted by atomic mass is 10.0. The number of amides is 1. The Labute approximate surface area is 229 Å². The van der Waals surface area contributed by atoms with Gasteiger partial charge in [-0.2, -0.15) is 9.40 Å². The molecule has 0 bridgehead atoms. The van der Waals surface area contributed by atoms with Crippen molar-refractivity contribution in [2.24, 2.45) is 5.92 Å². The molecule has 12 heteroatoms. The lowest BCUT2D eigenvalue weighted by molar-refractivity contribution is 0.0985. The van der Waals surface area contributed by atoms with Crippen LogP contribution in [0.3, 0.4) is 0 Å². The number of thiazole rings is 1. The molecule has 1 amide bonds. The zero-order chi connectivity index (χ0) is 27.9. The van der Waals surface area contributed by atoms with Crippen molar-refractivity contribution in [3.63, 3.8) is 0 Å². The summed E-state index contributed by atoms with van der Waals surface area (Å²) in [5, 5.41) is 4.65. The van der Waals surface area contributed by atoms with Gasteiger partial charge in [0.2, 0.25) is 10.0 Å². The number of aryl methyl sites for hydroxylation is 2. The van der Waals surface area contributed by atoms with Crippen LogP contribution in [0.25, 0.3) is 10.2 Å². The van der Waals surface area contributed by atoms with Crippen LogP contribution in [0.2, 0.25) is 0 Å². The highest BCUT2D eigenvalue weighted by Crippen LogP contribution is 2.32. The van der Waals surface area contributed by atoms with E-state index in [4.69, 9.17) is 0 Å². The Morgan fingerprint density at radius 3 is 2.56 bits per heavy atom. The van der Waals surface area contributed by atoms with Gasteiger partial charge in [-0.1, -0.05) is 18.3 Å². The molecule has 2 aromatic carbocycles. The van der Waals surface area contributed by atoms with Crippen molar-refractivity contribution in [3.05, 3.63) is 71.1 Å². The first-order chi connectivity index (χ1) is 18.5. The van der Waals surface area contributed by atoms with Crippen molar-refractivity contribution in [1.29, 1.82) is 0 Å². The quantitative estimate of drug-likeness (QED) is 0.305. The fourth-order valence-corrected chi connectivity index (χ4v) is 7.51. The van der Waals surface area contributed by atoms with E-state index in [1.807, 2.05) is 26.8 Å². The first-order valence-electron chi connectivity index (χ1n) is 12.7. The van der Waals surface area contributed by atoms with Gasteiger partial charge in [-0.05, 0) is 69.0 Å². The molecular weight excluding hydrogens is 544 g/mol. The molecule has 4 aromatic rings. The SMILES string of the molecule is Cc1cc(C)n(CCN(C(=O)c2ccc(S(=O)(=O)N3CCCC(C)C3)cc2)c2nc3c(F)cc(F)cc3s2)n1. The highest BCUT2D eigenvalue weighted by molar-refractivity contribution is 7.89. The van der Waals surface area contributed by atoms with E-state index < -0.39 is 27.6 Å². The molecule has 0 aliphatic carbocycles. The Balaban J connectivity index is 1.46. The molecule has 206 valence electrons. The summed E-state index contributed by atoms with van der Waals surface area (Å²) in [6.07, 6.45) is 1.81. The molecule has 1 aliphatic rings. The average Bonchev–Trinajstić information content (AvgIpc) is 3.46. The number of hydrogen-bond acceptors (Lipinski definition) is 6. The molecule has 1 fully saturated rings. The molecule has 5 rings (SSSR count). The second kappa shape index (κ2) is 10.7. The number of nitrogens with zero attached hydrogens (tertiary/aromatic N) is 5. The number of sulfonamides is 1. The molecule has 0 saturated carbocycles. The third-order valence-electron chi connectivity index (χ3n) is 6.88. The maximum atomic E-state index is 14.4. The van der Waals surface area contributed by atoms with E-state index >= 15 is 0 Å². The maximum Gasteiger partial charge on any atom is 0.260 e. The van der Waals surface area contributed by atoms with Crippen LogP contribution in [-0.2, 0) is 16.6 Å². The molecule has 1 aliphatic heterocycles. The Bertz CT molecular complexity index is 1630. The fraction of sp³-hybridized carbons (Fsp3) is 0.370. The Kier molecular flexibility index (Phi) is 7.53. The van der Waals surface area contributed by atoms with Crippen LogP contribution in [0.15, 0.2) is 47.4 Å². The number of hydrogen-bond donors (Lipinski definition) is 0. The monoisotopic (exact) mass is 573 g/mol. The highest BCUT2D eigenvalue weighted by atomic mass is 32.2. The van der Waals surface area contributed by atoms with Crippen LogP contribution in [0, 0.1) is 31.4 Å². The summed E-state index contributed by atoms with van der Waals surface area (Å²) in [4.78, 5) is 19.6. The van der Waals surface area contributed by atoms with Gasteiger partial charge in [-0.3, -0.25) is 14.4 Å². The Morgan fingerprint density at radius 1 is 1.15 bits per heavy atom. The second-order valence-corrected chi connectivity index (χ2v) is 12.9. The van der Waals surface area contributed by atoms with E-state index in [1.165, 1.54) is 39.5 Å². The summed E-state index contributed by atoms with van der Waals surface area (Å²) in [7, 11) is -3.68. The molecule has 3 heterocycles. The highest BCUT2D eigenvalue weighted by Gasteiger charge is 2.29. The number of anilines is 1. The molecule has 0 N–H and O–H groups in total. The van der Waals surface area contributed by atoms with Crippen molar-refractivity contribution in [2.45, 2.75) is 45.1 Å². The van der Waals surface area contributed by atoms with Crippen molar-refractivity contribution in [1.82, 2.24) is 19.1 Å². The van der Waals surface area contributed by atoms with E-state index in [2.05, 4.69) is 10.1 Å². The average molecular weight is 574 g/mol. The minimum Gasteiger partial charge on any atom is -0.282 e. The smallest absolute Gasteiger partial charge is 0.260 e. The Morgan fingerprint density at radius 2 is 1.90 bits per heavy atom. The van der Waals surface area contributed by atoms with Gasteiger partial charge in [-0.25, -0.2) is 22.2 Å². The summed E-state index contributed by atoms with van der Waals surface area (Å²) in [6, 6.07) is 9.70. The predicted molar refractivity (Wildman–Crippen MR) is 147 cm³/mol. The molecule has 1 unspecified atom stereocenters. The minimum atomic E-state index is -3.68. The van der Waals surface area contributed by atoms with Crippen molar-refractivity contribution in [2.75, 3.05) is 24.5 Å². The molecule has 0 spiro atoms. The molecule has 2 aromatic heterocycles. The summed E-state index contributed by atoms with van der Waals surface area (Å²) in [5.41, 5.74) is 1.99. The zero-order valence-corrected chi connectivity index (χ0v) is 23.5. The summed E-state index contributed by atoms with van der Waals surface area (Å²) in [5.74, 6) is -1.68. The molecule has 8 nitrogen and oxygen atoms in total. The van der Waals surface area contributed by atoms with Crippen LogP contribution in [-0.4, -0.2) is 53.0 Å². The summed E-state index contributed by atoms with van der Waals surface area (Å²) in [6.45, 7) is 7.27. The molecule has 39 heavy (non-hydrogen) atoms. The largest absolute Gasteiger partial charge is 0.282 e. The van der Waals surface area contributed by atoms with Crippen LogP contribution < -0.4 is 4.90 Å². The van der Waals surface area contributed by atoms with Gasteiger partial charge in [0.25, 0.3) is 5.91 Å². The minimum absolute atomic E-state index is 0.0162. The van der Waals surface area contributed by atoms with Crippen molar-refractivity contribution < 1.29 is 22.0 Å². The van der Waals surface area contributed by atoms with Crippen LogP contribution in [0.1, 0.15) is 41.5 Å². The topological polar surface area (TPSA) is 88.4 Å². The van der Waals surface area contributed by atoms with Gasteiger partial charge < -0.3 is 0 Å². The van der Waals surface area contributed by atoms with Crippen LogP contribution in [0.5, 0.6) is 0 Å². The number of fused-ring (bicyclic) bond motifs is 1. The van der Waals surface area contributed by atoms with Gasteiger partial charge in [0.15, 0.2) is 10.9 Å². The number of halogens is 2. The number of rotatable bonds is 7. The molecule has 1 saturated heterocycles. The van der Waals surface area contributed by atoms with Gasteiger partial charge >= 0.3 is 0 Å². The molecule has 1 atom stereocenters. The number of piperidine rings is 1. The van der Waals surface area contributed by atoms with E-state index in [0.29, 0.717) is 19.6 Å². The van der Waals surface area contributed by atoms with Crippen molar-refractivity contribution >= 4 is 42.6 Å². The first kappa shape index (κ1) is 27.4. The lowest BCUT2D eigenvalue weighted by Crippen LogP contribution is -2.39. The van der Waals surface area contributed by atoms with E-state index in [9.17, 15) is 22.0 Å². The Hall–Kier alpha value is -3.22. The van der Waals surface area contributed by atoms with E-state index in [1.54, 1.807) is 4.68 Å². The summed E-state index contributed by atoms with van der Waals surface area (Å²) >= 11 is 1.01. The third-order valence-corrected chi connectivity index (χ3v) is 9.78. The number of aromatic nitrogens is 3. The zero-order valence-electron chi connectivity index (χ0n) is 21.9. The first-order valence-corrected chi connectivity index (χ1v) is 15.0. The maximum absolute atomic E-state index is 14.4. The van der Waals surface area contributed by atoms with Gasteiger partial charge in [0, 0.05) is 37.0 Å². The predicted octanol–water partition coefficient (Wildman–Crippen LogP) is 5.16. The van der Waals surface area contributed by atoms with Gasteiger partial charge in [-0.15, -0.1) is 0 Å². The third kappa shape index (κ3) is 5.59. The van der Waals surface area contributed by atoms with Crippen LogP contribution >= 0.6 is 11.3 Å². The molecule has 0 radical (unpaired) electrons. The number of benzene rings is 2. The van der Waals surface area contributed by atoms with E-state index in [-0.39, 0.29) is 38.3 Å². The fourth-order valence-electron chi connectivity index (χ4n) is 4.88. The standard InChI is InChI=1S/C27H29F2N5O3S2/c1-17-5-4-10-32(16-17)39(36,37)22-8-6-20(7-9-22)26(35)33(11-12-34-19(3)13-18(2)31-34)27-30-25-23(29)14-21(28)15-24(25)38-27/h6-9,13-15,17H,4-5,10-12,16H2,1-3H3. The summed E-state index contributed by atoms with van der Waals surface area (Å²) < 4.78 is 58.1.